The molecule has 0 fully saturated rings. The van der Waals surface area contributed by atoms with Crippen LogP contribution in [-0.4, -0.2) is 37.7 Å². The second-order valence-corrected chi connectivity index (χ2v) is 4.17. The van der Waals surface area contributed by atoms with E-state index in [9.17, 15) is 9.59 Å². The molecule has 0 saturated carbocycles. The first-order chi connectivity index (χ1) is 7.38. The van der Waals surface area contributed by atoms with Crippen molar-refractivity contribution >= 4 is 11.9 Å². The molecule has 0 rings (SSSR count). The van der Waals surface area contributed by atoms with E-state index in [-0.39, 0.29) is 24.5 Å². The lowest BCUT2D eigenvalue weighted by Crippen LogP contribution is -2.46. The van der Waals surface area contributed by atoms with Crippen LogP contribution < -0.4 is 5.32 Å². The first-order valence-corrected chi connectivity index (χ1v) is 5.37. The Hall–Kier alpha value is -1.10. The number of amides is 1. The van der Waals surface area contributed by atoms with Crippen LogP contribution in [0.3, 0.4) is 0 Å². The highest BCUT2D eigenvalue weighted by atomic mass is 16.5. The van der Waals surface area contributed by atoms with Gasteiger partial charge in [0.15, 0.2) is 0 Å². The SMILES string of the molecule is COC(=O)[C@H](NC(=O)COC(C)C)C(C)C. The molecule has 0 aliphatic carbocycles. The van der Waals surface area contributed by atoms with Crippen molar-refractivity contribution in [1.82, 2.24) is 5.32 Å². The van der Waals surface area contributed by atoms with Crippen molar-refractivity contribution in [2.45, 2.75) is 39.8 Å². The summed E-state index contributed by atoms with van der Waals surface area (Å²) in [4.78, 5) is 22.8. The summed E-state index contributed by atoms with van der Waals surface area (Å²) in [5, 5.41) is 2.58. The molecule has 0 aromatic carbocycles. The van der Waals surface area contributed by atoms with Crippen LogP contribution in [0, 0.1) is 5.92 Å². The van der Waals surface area contributed by atoms with Gasteiger partial charge in [-0.3, -0.25) is 4.79 Å². The van der Waals surface area contributed by atoms with E-state index in [1.165, 1.54) is 7.11 Å². The lowest BCUT2D eigenvalue weighted by Gasteiger charge is -2.20. The molecule has 0 aliphatic heterocycles. The maximum Gasteiger partial charge on any atom is 0.328 e. The third kappa shape index (κ3) is 5.70. The molecular formula is C11H21NO4. The summed E-state index contributed by atoms with van der Waals surface area (Å²) >= 11 is 0. The second-order valence-electron chi connectivity index (χ2n) is 4.17. The van der Waals surface area contributed by atoms with Crippen LogP contribution in [0.4, 0.5) is 0 Å². The Balaban J connectivity index is 4.19. The summed E-state index contributed by atoms with van der Waals surface area (Å²) in [6.07, 6.45) is -0.0126. The molecule has 94 valence electrons. The van der Waals surface area contributed by atoms with Gasteiger partial charge >= 0.3 is 5.97 Å². The van der Waals surface area contributed by atoms with Gasteiger partial charge in [-0.15, -0.1) is 0 Å². The van der Waals surface area contributed by atoms with Crippen molar-refractivity contribution < 1.29 is 19.1 Å². The van der Waals surface area contributed by atoms with Gasteiger partial charge in [-0.25, -0.2) is 4.79 Å². The van der Waals surface area contributed by atoms with Gasteiger partial charge in [-0.1, -0.05) is 13.8 Å². The molecule has 0 spiro atoms. The quantitative estimate of drug-likeness (QED) is 0.684. The zero-order valence-corrected chi connectivity index (χ0v) is 10.6. The maximum atomic E-state index is 11.4. The average Bonchev–Trinajstić information content (AvgIpc) is 2.21. The molecule has 1 atom stereocenters. The first kappa shape index (κ1) is 14.9. The third-order valence-electron chi connectivity index (χ3n) is 1.99. The molecular weight excluding hydrogens is 210 g/mol. The van der Waals surface area contributed by atoms with Gasteiger partial charge in [-0.05, 0) is 19.8 Å². The second kappa shape index (κ2) is 7.22. The predicted molar refractivity (Wildman–Crippen MR) is 59.9 cm³/mol. The Morgan fingerprint density at radius 2 is 1.75 bits per heavy atom. The van der Waals surface area contributed by atoms with Crippen LogP contribution in [0.1, 0.15) is 27.7 Å². The lowest BCUT2D eigenvalue weighted by atomic mass is 10.0. The highest BCUT2D eigenvalue weighted by molar-refractivity contribution is 5.85. The predicted octanol–water partition coefficient (Wildman–Crippen LogP) is 0.725. The van der Waals surface area contributed by atoms with Crippen LogP contribution in [0.2, 0.25) is 0 Å². The molecule has 5 nitrogen and oxygen atoms in total. The van der Waals surface area contributed by atoms with Crippen molar-refractivity contribution in [3.05, 3.63) is 0 Å². The average molecular weight is 231 g/mol. The molecule has 0 bridgehead atoms. The normalized spacial score (nSPS) is 12.7. The van der Waals surface area contributed by atoms with E-state index in [0.717, 1.165) is 0 Å². The van der Waals surface area contributed by atoms with Gasteiger partial charge in [0.1, 0.15) is 12.6 Å². The Labute approximate surface area is 96.5 Å². The van der Waals surface area contributed by atoms with Crippen molar-refractivity contribution in [2.24, 2.45) is 5.92 Å². The number of methoxy groups -OCH3 is 1. The van der Waals surface area contributed by atoms with Crippen LogP contribution in [0.25, 0.3) is 0 Å². The topological polar surface area (TPSA) is 64.6 Å². The van der Waals surface area contributed by atoms with Crippen LogP contribution in [-0.2, 0) is 19.1 Å². The fourth-order valence-electron chi connectivity index (χ4n) is 1.08. The van der Waals surface area contributed by atoms with Gasteiger partial charge in [0, 0.05) is 0 Å². The van der Waals surface area contributed by atoms with Crippen molar-refractivity contribution in [3.63, 3.8) is 0 Å². The number of ether oxygens (including phenoxy) is 2. The number of carbonyl (C=O) groups is 2. The van der Waals surface area contributed by atoms with E-state index >= 15 is 0 Å². The summed E-state index contributed by atoms with van der Waals surface area (Å²) in [5.74, 6) is -0.763. The van der Waals surface area contributed by atoms with Crippen LogP contribution in [0.15, 0.2) is 0 Å². The summed E-state index contributed by atoms with van der Waals surface area (Å²) < 4.78 is 9.74. The van der Waals surface area contributed by atoms with E-state index in [1.54, 1.807) is 0 Å². The number of nitrogens with one attached hydrogen (secondary N) is 1. The Kier molecular flexibility index (Phi) is 6.72. The van der Waals surface area contributed by atoms with Crippen LogP contribution >= 0.6 is 0 Å². The highest BCUT2D eigenvalue weighted by Gasteiger charge is 2.24. The minimum Gasteiger partial charge on any atom is -0.467 e. The molecule has 0 heterocycles. The number of hydrogen-bond donors (Lipinski definition) is 1. The molecule has 0 unspecified atom stereocenters. The third-order valence-corrected chi connectivity index (χ3v) is 1.99. The van der Waals surface area contributed by atoms with Gasteiger partial charge in [0.05, 0.1) is 13.2 Å². The summed E-state index contributed by atoms with van der Waals surface area (Å²) in [6, 6.07) is -0.617. The molecule has 16 heavy (non-hydrogen) atoms. The molecule has 0 radical (unpaired) electrons. The summed E-state index contributed by atoms with van der Waals surface area (Å²) in [6.45, 7) is 7.31. The number of rotatable bonds is 6. The summed E-state index contributed by atoms with van der Waals surface area (Å²) in [7, 11) is 1.30. The van der Waals surface area contributed by atoms with Crippen molar-refractivity contribution in [3.8, 4) is 0 Å². The molecule has 0 aromatic rings. The van der Waals surface area contributed by atoms with Gasteiger partial charge in [0.2, 0.25) is 5.91 Å². The van der Waals surface area contributed by atoms with E-state index in [0.29, 0.717) is 0 Å². The smallest absolute Gasteiger partial charge is 0.328 e. The Morgan fingerprint density at radius 1 is 1.19 bits per heavy atom. The summed E-state index contributed by atoms with van der Waals surface area (Å²) in [5.41, 5.74) is 0. The minimum atomic E-state index is -0.617. The standard InChI is InChI=1S/C11H21NO4/c1-7(2)10(11(14)15-5)12-9(13)6-16-8(3)4/h7-8,10H,6H2,1-5H3,(H,12,13)/t10-/m1/s1. The van der Waals surface area contributed by atoms with Gasteiger partial charge in [-0.2, -0.15) is 0 Å². The minimum absolute atomic E-state index is 0.0126. The molecule has 1 amide bonds. The molecule has 0 aromatic heterocycles. The molecule has 0 aliphatic rings. The highest BCUT2D eigenvalue weighted by Crippen LogP contribution is 2.03. The molecule has 0 saturated heterocycles. The van der Waals surface area contributed by atoms with E-state index < -0.39 is 12.0 Å². The van der Waals surface area contributed by atoms with E-state index in [4.69, 9.17) is 4.74 Å². The fourth-order valence-corrected chi connectivity index (χ4v) is 1.08. The number of hydrogen-bond acceptors (Lipinski definition) is 4. The van der Waals surface area contributed by atoms with Gasteiger partial charge in [0.25, 0.3) is 0 Å². The van der Waals surface area contributed by atoms with Crippen LogP contribution in [0.5, 0.6) is 0 Å². The largest absolute Gasteiger partial charge is 0.467 e. The fraction of sp³-hybridized carbons (Fsp3) is 0.818. The lowest BCUT2D eigenvalue weighted by molar-refractivity contribution is -0.147. The zero-order valence-electron chi connectivity index (χ0n) is 10.6. The number of esters is 1. The van der Waals surface area contributed by atoms with Gasteiger partial charge < -0.3 is 14.8 Å². The number of carbonyl (C=O) groups excluding carboxylic acids is 2. The van der Waals surface area contributed by atoms with Crippen molar-refractivity contribution in [2.75, 3.05) is 13.7 Å². The monoisotopic (exact) mass is 231 g/mol. The zero-order chi connectivity index (χ0) is 12.7. The van der Waals surface area contributed by atoms with E-state index in [1.807, 2.05) is 27.7 Å². The van der Waals surface area contributed by atoms with E-state index in [2.05, 4.69) is 10.1 Å². The molecule has 1 N–H and O–H groups in total. The maximum absolute atomic E-state index is 11.4. The van der Waals surface area contributed by atoms with Crippen molar-refractivity contribution in [1.29, 1.82) is 0 Å². The Morgan fingerprint density at radius 3 is 2.12 bits per heavy atom. The first-order valence-electron chi connectivity index (χ1n) is 5.37. The molecule has 5 heteroatoms. The Bertz CT molecular complexity index is 238.